The first-order valence-corrected chi connectivity index (χ1v) is 6.87. The quantitative estimate of drug-likeness (QED) is 0.766. The lowest BCUT2D eigenvalue weighted by molar-refractivity contribution is -0.0374. The molecule has 0 spiro atoms. The van der Waals surface area contributed by atoms with Gasteiger partial charge in [0.2, 0.25) is 0 Å². The fourth-order valence-corrected chi connectivity index (χ4v) is 2.49. The Hall–Kier alpha value is -2.68. The van der Waals surface area contributed by atoms with Crippen molar-refractivity contribution in [3.63, 3.8) is 0 Å². The molecule has 0 radical (unpaired) electrons. The van der Waals surface area contributed by atoms with Gasteiger partial charge in [0.15, 0.2) is 0 Å². The minimum Gasteiger partial charge on any atom is -0.381 e. The van der Waals surface area contributed by atoms with Crippen molar-refractivity contribution in [3.8, 4) is 0 Å². The second-order valence-electron chi connectivity index (χ2n) is 5.20. The third-order valence-corrected chi connectivity index (χ3v) is 3.80. The summed E-state index contributed by atoms with van der Waals surface area (Å²) in [7, 11) is 0. The summed E-state index contributed by atoms with van der Waals surface area (Å²) >= 11 is 0. The van der Waals surface area contributed by atoms with Crippen LogP contribution in [0.2, 0.25) is 0 Å². The molecule has 0 bridgehead atoms. The van der Waals surface area contributed by atoms with E-state index in [1.165, 1.54) is 34.3 Å². The van der Waals surface area contributed by atoms with Gasteiger partial charge in [-0.2, -0.15) is 5.10 Å². The molecule has 2 heterocycles. The minimum atomic E-state index is -1.74. The van der Waals surface area contributed by atoms with E-state index in [2.05, 4.69) is 20.4 Å². The predicted molar refractivity (Wildman–Crippen MR) is 75.0 cm³/mol. The van der Waals surface area contributed by atoms with Gasteiger partial charge in [-0.15, -0.1) is 5.10 Å². The number of rotatable bonds is 5. The highest BCUT2D eigenvalue weighted by Crippen LogP contribution is 2.36. The van der Waals surface area contributed by atoms with E-state index < -0.39 is 23.3 Å². The molecule has 2 aromatic heterocycles. The molecule has 0 fully saturated rings. The number of benzene rings is 1. The highest BCUT2D eigenvalue weighted by atomic mass is 19.1. The number of aliphatic hydroxyl groups is 1. The lowest BCUT2D eigenvalue weighted by atomic mass is 9.86. The number of aromatic nitrogens is 6. The topological polar surface area (TPSA) is 81.6 Å². The van der Waals surface area contributed by atoms with E-state index in [0.29, 0.717) is 0 Å². The van der Waals surface area contributed by atoms with Gasteiger partial charge < -0.3 is 5.11 Å². The molecule has 0 saturated carbocycles. The number of halogens is 2. The predicted octanol–water partition coefficient (Wildman–Crippen LogP) is 1.30. The van der Waals surface area contributed by atoms with Crippen LogP contribution < -0.4 is 0 Å². The van der Waals surface area contributed by atoms with Gasteiger partial charge in [0.1, 0.15) is 29.9 Å². The zero-order valence-electron chi connectivity index (χ0n) is 12.2. The normalized spacial score (nSPS) is 15.3. The Bertz CT molecular complexity index is 777. The molecule has 0 amide bonds. The van der Waals surface area contributed by atoms with E-state index in [1.54, 1.807) is 13.1 Å². The van der Waals surface area contributed by atoms with Crippen LogP contribution in [0.15, 0.2) is 43.2 Å². The molecule has 3 aromatic rings. The maximum atomic E-state index is 14.3. The van der Waals surface area contributed by atoms with Crippen LogP contribution in [0.1, 0.15) is 18.5 Å². The van der Waals surface area contributed by atoms with Crippen molar-refractivity contribution >= 4 is 0 Å². The van der Waals surface area contributed by atoms with Gasteiger partial charge in [-0.3, -0.25) is 0 Å². The van der Waals surface area contributed by atoms with Gasteiger partial charge in [-0.25, -0.2) is 23.1 Å². The van der Waals surface area contributed by atoms with Crippen molar-refractivity contribution in [1.82, 2.24) is 29.8 Å². The monoisotopic (exact) mass is 320 g/mol. The summed E-state index contributed by atoms with van der Waals surface area (Å²) < 4.78 is 30.3. The maximum Gasteiger partial charge on any atom is 0.137 e. The molecule has 0 aliphatic heterocycles. The summed E-state index contributed by atoms with van der Waals surface area (Å²) in [6, 6.07) is 2.36. The van der Waals surface area contributed by atoms with E-state index >= 15 is 0 Å². The van der Waals surface area contributed by atoms with Crippen LogP contribution >= 0.6 is 0 Å². The fourth-order valence-electron chi connectivity index (χ4n) is 2.49. The van der Waals surface area contributed by atoms with Crippen molar-refractivity contribution in [2.45, 2.75) is 25.1 Å². The van der Waals surface area contributed by atoms with E-state index in [9.17, 15) is 13.9 Å². The molecule has 0 saturated heterocycles. The van der Waals surface area contributed by atoms with Gasteiger partial charge in [0, 0.05) is 17.8 Å². The average Bonchev–Trinajstić information content (AvgIpc) is 3.19. The van der Waals surface area contributed by atoms with Crippen molar-refractivity contribution in [2.75, 3.05) is 0 Å². The first kappa shape index (κ1) is 15.2. The Morgan fingerprint density at radius 2 is 2.17 bits per heavy atom. The van der Waals surface area contributed by atoms with Crippen LogP contribution in [0.25, 0.3) is 0 Å². The molecule has 3 rings (SSSR count). The van der Waals surface area contributed by atoms with E-state index in [4.69, 9.17) is 0 Å². The number of nitrogens with zero attached hydrogens (tertiary/aromatic N) is 6. The Morgan fingerprint density at radius 3 is 2.78 bits per heavy atom. The third kappa shape index (κ3) is 2.82. The summed E-state index contributed by atoms with van der Waals surface area (Å²) in [5.74, 6) is -1.57. The summed E-state index contributed by atoms with van der Waals surface area (Å²) in [6.45, 7) is 1.57. The number of hydrogen-bond donors (Lipinski definition) is 1. The SMILES string of the molecule is C[C@H](n1ccnn1)[C@](O)(Cn1cncn1)c1ccc(F)cc1F. The molecule has 120 valence electrons. The van der Waals surface area contributed by atoms with Crippen molar-refractivity contribution in [1.29, 1.82) is 0 Å². The molecule has 9 heteroatoms. The summed E-state index contributed by atoms with van der Waals surface area (Å²) in [6.07, 6.45) is 5.72. The summed E-state index contributed by atoms with van der Waals surface area (Å²) in [5.41, 5.74) is -1.79. The lowest BCUT2D eigenvalue weighted by Gasteiger charge is -2.34. The van der Waals surface area contributed by atoms with Crippen LogP contribution in [-0.4, -0.2) is 34.9 Å². The molecular formula is C14H14F2N6O. The molecular weight excluding hydrogens is 306 g/mol. The standard InChI is InChI=1S/C14H14F2N6O/c1-10(22-5-4-18-20-22)14(23,7-21-9-17-8-19-21)12-3-2-11(15)6-13(12)16/h2-6,8-10,23H,7H2,1H3/t10-,14+/m0/s1. The average molecular weight is 320 g/mol. The summed E-state index contributed by atoms with van der Waals surface area (Å²) in [5, 5.41) is 22.7. The fraction of sp³-hybridized carbons (Fsp3) is 0.286. The zero-order valence-corrected chi connectivity index (χ0v) is 12.2. The third-order valence-electron chi connectivity index (χ3n) is 3.80. The first-order valence-electron chi connectivity index (χ1n) is 6.87. The van der Waals surface area contributed by atoms with Crippen LogP contribution in [-0.2, 0) is 12.1 Å². The number of hydrogen-bond acceptors (Lipinski definition) is 5. The molecule has 0 aliphatic carbocycles. The van der Waals surface area contributed by atoms with Crippen LogP contribution in [0.5, 0.6) is 0 Å². The molecule has 23 heavy (non-hydrogen) atoms. The minimum absolute atomic E-state index is 0.0580. The molecule has 2 atom stereocenters. The van der Waals surface area contributed by atoms with Crippen molar-refractivity contribution in [3.05, 3.63) is 60.4 Å². The highest BCUT2D eigenvalue weighted by molar-refractivity contribution is 5.26. The van der Waals surface area contributed by atoms with Crippen molar-refractivity contribution in [2.24, 2.45) is 0 Å². The molecule has 0 unspecified atom stereocenters. The van der Waals surface area contributed by atoms with Crippen molar-refractivity contribution < 1.29 is 13.9 Å². The van der Waals surface area contributed by atoms with Gasteiger partial charge in [-0.1, -0.05) is 11.3 Å². The van der Waals surface area contributed by atoms with Gasteiger partial charge in [0.05, 0.1) is 18.8 Å². The molecule has 7 nitrogen and oxygen atoms in total. The smallest absolute Gasteiger partial charge is 0.137 e. The van der Waals surface area contributed by atoms with Gasteiger partial charge in [-0.05, 0) is 13.0 Å². The summed E-state index contributed by atoms with van der Waals surface area (Å²) in [4.78, 5) is 3.81. The first-order chi connectivity index (χ1) is 11.0. The highest BCUT2D eigenvalue weighted by Gasteiger charge is 2.40. The largest absolute Gasteiger partial charge is 0.381 e. The zero-order chi connectivity index (χ0) is 16.4. The lowest BCUT2D eigenvalue weighted by Crippen LogP contribution is -2.40. The van der Waals surface area contributed by atoms with Crippen LogP contribution in [0.3, 0.4) is 0 Å². The van der Waals surface area contributed by atoms with E-state index in [1.807, 2.05) is 0 Å². The van der Waals surface area contributed by atoms with E-state index in [-0.39, 0.29) is 12.1 Å². The van der Waals surface area contributed by atoms with E-state index in [0.717, 1.165) is 12.1 Å². The Morgan fingerprint density at radius 1 is 1.35 bits per heavy atom. The van der Waals surface area contributed by atoms with Crippen LogP contribution in [0.4, 0.5) is 8.78 Å². The van der Waals surface area contributed by atoms with Gasteiger partial charge >= 0.3 is 0 Å². The Balaban J connectivity index is 2.08. The molecule has 1 aromatic carbocycles. The molecule has 1 N–H and O–H groups in total. The Labute approximate surface area is 130 Å². The van der Waals surface area contributed by atoms with Crippen LogP contribution in [0, 0.1) is 11.6 Å². The second kappa shape index (κ2) is 5.84. The second-order valence-corrected chi connectivity index (χ2v) is 5.20. The molecule has 0 aliphatic rings. The Kier molecular flexibility index (Phi) is 3.87. The van der Waals surface area contributed by atoms with Gasteiger partial charge in [0.25, 0.3) is 0 Å². The maximum absolute atomic E-state index is 14.3.